The first-order valence-corrected chi connectivity index (χ1v) is 9.84. The number of methoxy groups -OCH3 is 1. The number of hydrogen-bond donors (Lipinski definition) is 1. The number of anilines is 1. The lowest BCUT2D eigenvalue weighted by atomic mass is 9.77. The van der Waals surface area contributed by atoms with Crippen molar-refractivity contribution < 1.29 is 9.53 Å². The zero-order valence-corrected chi connectivity index (χ0v) is 16.3. The maximum atomic E-state index is 12.6. The van der Waals surface area contributed by atoms with E-state index in [1.165, 1.54) is 5.56 Å². The predicted molar refractivity (Wildman–Crippen MR) is 107 cm³/mol. The number of carbonyl (C=O) groups excluding carboxylic acids is 1. The molecule has 2 fully saturated rings. The first-order chi connectivity index (χ1) is 13.7. The first-order valence-electron chi connectivity index (χ1n) is 9.84. The van der Waals surface area contributed by atoms with Crippen molar-refractivity contribution in [2.45, 2.75) is 25.8 Å². The number of amides is 2. The minimum absolute atomic E-state index is 0.117. The molecule has 4 rings (SSSR count). The molecule has 1 aromatic heterocycles. The van der Waals surface area contributed by atoms with Gasteiger partial charge in [0.2, 0.25) is 5.95 Å². The van der Waals surface area contributed by atoms with Gasteiger partial charge in [0.15, 0.2) is 5.75 Å². The normalized spacial score (nSPS) is 19.0. The molecule has 2 aliphatic heterocycles. The second kappa shape index (κ2) is 8.14. The van der Waals surface area contributed by atoms with Crippen LogP contribution in [0, 0.1) is 5.41 Å². The molecule has 2 saturated heterocycles. The van der Waals surface area contributed by atoms with Gasteiger partial charge in [0.25, 0.3) is 0 Å². The third-order valence-corrected chi connectivity index (χ3v) is 5.97. The van der Waals surface area contributed by atoms with Crippen molar-refractivity contribution in [3.63, 3.8) is 0 Å². The van der Waals surface area contributed by atoms with Crippen LogP contribution >= 0.6 is 0 Å². The third-order valence-electron chi connectivity index (χ3n) is 5.97. The smallest absolute Gasteiger partial charge is 0.324 e. The lowest BCUT2D eigenvalue weighted by Gasteiger charge is -2.39. The second-order valence-electron chi connectivity index (χ2n) is 7.81. The Morgan fingerprint density at radius 3 is 2.46 bits per heavy atom. The predicted octanol–water partition coefficient (Wildman–Crippen LogP) is 3.01. The Morgan fingerprint density at radius 1 is 1.11 bits per heavy atom. The topological polar surface area (TPSA) is 70.6 Å². The lowest BCUT2D eigenvalue weighted by Crippen LogP contribution is -2.42. The Balaban J connectivity index is 1.28. The molecule has 0 saturated carbocycles. The van der Waals surface area contributed by atoms with Crippen molar-refractivity contribution in [1.29, 1.82) is 0 Å². The fraction of sp³-hybridized carbons (Fsp3) is 0.476. The maximum absolute atomic E-state index is 12.6. The fourth-order valence-electron chi connectivity index (χ4n) is 4.20. The van der Waals surface area contributed by atoms with Gasteiger partial charge < -0.3 is 9.64 Å². The molecule has 2 amide bonds. The number of rotatable bonds is 4. The molecule has 1 N–H and O–H groups in total. The average molecular weight is 381 g/mol. The van der Waals surface area contributed by atoms with Gasteiger partial charge in [-0.1, -0.05) is 30.3 Å². The van der Waals surface area contributed by atoms with Crippen LogP contribution in [0.4, 0.5) is 10.7 Å². The first kappa shape index (κ1) is 18.7. The maximum Gasteiger partial charge on any atom is 0.324 e. The van der Waals surface area contributed by atoms with E-state index in [1.807, 2.05) is 4.90 Å². The largest absolute Gasteiger partial charge is 0.494 e. The van der Waals surface area contributed by atoms with Crippen molar-refractivity contribution in [2.75, 3.05) is 38.6 Å². The number of nitrogens with zero attached hydrogens (tertiary/aromatic N) is 4. The summed E-state index contributed by atoms with van der Waals surface area (Å²) in [6.07, 6.45) is 6.46. The highest BCUT2D eigenvalue weighted by Gasteiger charge is 2.42. The molecule has 148 valence electrons. The van der Waals surface area contributed by atoms with E-state index in [-0.39, 0.29) is 11.4 Å². The van der Waals surface area contributed by atoms with Crippen LogP contribution in [0.5, 0.6) is 5.75 Å². The number of benzene rings is 1. The minimum Gasteiger partial charge on any atom is -0.494 e. The Hall–Kier alpha value is -2.67. The van der Waals surface area contributed by atoms with Gasteiger partial charge in [-0.05, 0) is 43.3 Å². The number of likely N-dealkylation sites (tertiary alicyclic amines) is 2. The number of urea groups is 1. The summed E-state index contributed by atoms with van der Waals surface area (Å²) in [4.78, 5) is 25.2. The molecule has 3 heterocycles. The van der Waals surface area contributed by atoms with E-state index in [4.69, 9.17) is 4.74 Å². The SMILES string of the molecule is COc1cnc(NC(=O)N2CCC3(CCN(Cc4ccccc4)CC3)C2)nc1. The summed E-state index contributed by atoms with van der Waals surface area (Å²) in [6.45, 7) is 4.79. The van der Waals surface area contributed by atoms with E-state index in [0.717, 1.165) is 52.0 Å². The highest BCUT2D eigenvalue weighted by atomic mass is 16.5. The van der Waals surface area contributed by atoms with Crippen LogP contribution in [0.15, 0.2) is 42.7 Å². The summed E-state index contributed by atoms with van der Waals surface area (Å²) >= 11 is 0. The average Bonchev–Trinajstić information content (AvgIpc) is 3.15. The third kappa shape index (κ3) is 4.25. The molecular formula is C21H27N5O2. The number of carbonyl (C=O) groups is 1. The number of aromatic nitrogens is 2. The molecule has 1 aromatic carbocycles. The molecule has 2 aromatic rings. The summed E-state index contributed by atoms with van der Waals surface area (Å²) in [7, 11) is 1.56. The van der Waals surface area contributed by atoms with Gasteiger partial charge in [-0.2, -0.15) is 0 Å². The summed E-state index contributed by atoms with van der Waals surface area (Å²) in [5, 5.41) is 2.80. The molecule has 0 bridgehead atoms. The van der Waals surface area contributed by atoms with E-state index in [2.05, 4.69) is 50.5 Å². The molecular weight excluding hydrogens is 354 g/mol. The molecule has 0 radical (unpaired) electrons. The Morgan fingerprint density at radius 2 is 1.79 bits per heavy atom. The Kier molecular flexibility index (Phi) is 5.43. The number of nitrogens with one attached hydrogen (secondary N) is 1. The van der Waals surface area contributed by atoms with Crippen LogP contribution < -0.4 is 10.1 Å². The fourth-order valence-corrected chi connectivity index (χ4v) is 4.20. The molecule has 0 aliphatic carbocycles. The number of piperidine rings is 1. The van der Waals surface area contributed by atoms with Crippen LogP contribution in [0.25, 0.3) is 0 Å². The van der Waals surface area contributed by atoms with Crippen LogP contribution in [0.3, 0.4) is 0 Å². The van der Waals surface area contributed by atoms with Crippen LogP contribution in [0.1, 0.15) is 24.8 Å². The van der Waals surface area contributed by atoms with Gasteiger partial charge in [0.1, 0.15) is 0 Å². The summed E-state index contributed by atoms with van der Waals surface area (Å²) in [5.41, 5.74) is 1.62. The van der Waals surface area contributed by atoms with E-state index >= 15 is 0 Å². The van der Waals surface area contributed by atoms with Crippen molar-refractivity contribution in [3.05, 3.63) is 48.3 Å². The summed E-state index contributed by atoms with van der Waals surface area (Å²) in [5.74, 6) is 0.879. The van der Waals surface area contributed by atoms with Gasteiger partial charge in [-0.25, -0.2) is 14.8 Å². The van der Waals surface area contributed by atoms with Gasteiger partial charge in [-0.3, -0.25) is 10.2 Å². The molecule has 28 heavy (non-hydrogen) atoms. The monoisotopic (exact) mass is 381 g/mol. The van der Waals surface area contributed by atoms with E-state index in [9.17, 15) is 4.79 Å². The quantitative estimate of drug-likeness (QED) is 0.882. The van der Waals surface area contributed by atoms with E-state index < -0.39 is 0 Å². The van der Waals surface area contributed by atoms with Crippen molar-refractivity contribution >= 4 is 12.0 Å². The van der Waals surface area contributed by atoms with Gasteiger partial charge >= 0.3 is 6.03 Å². The van der Waals surface area contributed by atoms with E-state index in [0.29, 0.717) is 11.7 Å². The Bertz CT molecular complexity index is 788. The van der Waals surface area contributed by atoms with E-state index in [1.54, 1.807) is 19.5 Å². The highest BCUT2D eigenvalue weighted by molar-refractivity contribution is 5.87. The van der Waals surface area contributed by atoms with Crippen molar-refractivity contribution in [2.24, 2.45) is 5.41 Å². The zero-order valence-electron chi connectivity index (χ0n) is 16.3. The van der Waals surface area contributed by atoms with Crippen molar-refractivity contribution in [1.82, 2.24) is 19.8 Å². The van der Waals surface area contributed by atoms with Gasteiger partial charge in [-0.15, -0.1) is 0 Å². The lowest BCUT2D eigenvalue weighted by molar-refractivity contribution is 0.106. The Labute approximate surface area is 165 Å². The highest BCUT2D eigenvalue weighted by Crippen LogP contribution is 2.40. The molecule has 1 spiro atoms. The summed E-state index contributed by atoms with van der Waals surface area (Å²) < 4.78 is 5.04. The molecule has 2 aliphatic rings. The summed E-state index contributed by atoms with van der Waals surface area (Å²) in [6, 6.07) is 10.5. The number of ether oxygens (including phenoxy) is 1. The molecule has 0 atom stereocenters. The van der Waals surface area contributed by atoms with Crippen LogP contribution in [-0.4, -0.2) is 59.1 Å². The zero-order chi connectivity index (χ0) is 19.4. The molecule has 0 unspecified atom stereocenters. The molecule has 7 heteroatoms. The van der Waals surface area contributed by atoms with Crippen LogP contribution in [0.2, 0.25) is 0 Å². The van der Waals surface area contributed by atoms with Gasteiger partial charge in [0.05, 0.1) is 19.5 Å². The van der Waals surface area contributed by atoms with Crippen molar-refractivity contribution in [3.8, 4) is 5.75 Å². The minimum atomic E-state index is -0.117. The second-order valence-corrected chi connectivity index (χ2v) is 7.81. The molecule has 7 nitrogen and oxygen atoms in total. The standard InChI is InChI=1S/C21H27N5O2/c1-28-18-13-22-19(23-14-18)24-20(27)26-12-9-21(16-26)7-10-25(11-8-21)15-17-5-3-2-4-6-17/h2-6,13-14H,7-12,15-16H2,1H3,(H,22,23,24,27). The number of hydrogen-bond acceptors (Lipinski definition) is 5. The van der Waals surface area contributed by atoms with Crippen LogP contribution in [-0.2, 0) is 6.54 Å². The van der Waals surface area contributed by atoms with Gasteiger partial charge in [0, 0.05) is 19.6 Å².